The molecule has 0 aliphatic heterocycles. The van der Waals surface area contributed by atoms with Crippen LogP contribution in [0.2, 0.25) is 0 Å². The van der Waals surface area contributed by atoms with Crippen LogP contribution in [-0.4, -0.2) is 35.8 Å². The summed E-state index contributed by atoms with van der Waals surface area (Å²) in [6.45, 7) is 2.96. The van der Waals surface area contributed by atoms with Gasteiger partial charge < -0.3 is 8.83 Å². The van der Waals surface area contributed by atoms with Crippen LogP contribution in [0.25, 0.3) is 22.6 Å². The molecule has 10 heteroatoms. The topological polar surface area (TPSA) is 143 Å². The predicted octanol–water partition coefficient (Wildman–Crippen LogP) is 4.21. The molecule has 0 atom stereocenters. The van der Waals surface area contributed by atoms with E-state index >= 15 is 0 Å². The van der Waals surface area contributed by atoms with Crippen molar-refractivity contribution in [3.05, 3.63) is 95.4 Å². The second-order valence-electron chi connectivity index (χ2n) is 8.08. The lowest BCUT2D eigenvalue weighted by molar-refractivity contribution is -0.139. The van der Waals surface area contributed by atoms with Crippen LogP contribution in [0, 0.1) is 0 Å². The Morgan fingerprint density at radius 1 is 0.632 bits per heavy atom. The molecular weight excluding hydrogens is 488 g/mol. The van der Waals surface area contributed by atoms with Gasteiger partial charge >= 0.3 is 11.8 Å². The summed E-state index contributed by atoms with van der Waals surface area (Å²) in [5, 5.41) is 7.42. The Balaban J connectivity index is 1.29. The van der Waals surface area contributed by atoms with Gasteiger partial charge in [-0.25, -0.2) is 10.9 Å². The molecule has 0 fully saturated rings. The zero-order valence-corrected chi connectivity index (χ0v) is 20.4. The summed E-state index contributed by atoms with van der Waals surface area (Å²) in [5.41, 5.74) is 6.71. The molecule has 38 heavy (non-hydrogen) atoms. The molecule has 2 aromatic heterocycles. The summed E-state index contributed by atoms with van der Waals surface area (Å²) in [6.07, 6.45) is 2.47. The lowest BCUT2D eigenvalue weighted by Gasteiger charge is -2.00. The van der Waals surface area contributed by atoms with E-state index in [2.05, 4.69) is 21.1 Å². The van der Waals surface area contributed by atoms with Crippen LogP contribution in [0.3, 0.4) is 0 Å². The fourth-order valence-electron chi connectivity index (χ4n) is 3.35. The number of carbonyl (C=O) groups excluding carboxylic acids is 4. The van der Waals surface area contributed by atoms with Gasteiger partial charge in [0, 0.05) is 22.3 Å². The molecule has 0 spiro atoms. The zero-order valence-electron chi connectivity index (χ0n) is 20.4. The van der Waals surface area contributed by atoms with Crippen molar-refractivity contribution >= 4 is 35.8 Å². The number of furan rings is 2. The van der Waals surface area contributed by atoms with E-state index in [0.717, 1.165) is 0 Å². The van der Waals surface area contributed by atoms with Gasteiger partial charge in [-0.2, -0.15) is 10.2 Å². The van der Waals surface area contributed by atoms with Gasteiger partial charge in [0.1, 0.15) is 23.0 Å². The molecule has 4 aromatic rings. The number of amides is 2. The fourth-order valence-corrected chi connectivity index (χ4v) is 3.35. The van der Waals surface area contributed by atoms with Crippen molar-refractivity contribution in [3.63, 3.8) is 0 Å². The van der Waals surface area contributed by atoms with Crippen LogP contribution in [0.4, 0.5) is 0 Å². The van der Waals surface area contributed by atoms with Crippen LogP contribution in [0.15, 0.2) is 91.8 Å². The number of hydrazone groups is 2. The van der Waals surface area contributed by atoms with E-state index in [9.17, 15) is 19.2 Å². The molecule has 190 valence electrons. The first-order chi connectivity index (χ1) is 18.3. The zero-order chi connectivity index (χ0) is 27.1. The third-order valence-corrected chi connectivity index (χ3v) is 5.28. The minimum absolute atomic E-state index is 0.0594. The number of hydrogen-bond donors (Lipinski definition) is 2. The highest BCUT2D eigenvalue weighted by molar-refractivity contribution is 6.35. The van der Waals surface area contributed by atoms with Crippen LogP contribution in [0.1, 0.15) is 46.1 Å². The highest BCUT2D eigenvalue weighted by atomic mass is 16.3. The first-order valence-corrected chi connectivity index (χ1v) is 11.4. The van der Waals surface area contributed by atoms with E-state index < -0.39 is 11.8 Å². The van der Waals surface area contributed by atoms with E-state index in [-0.39, 0.29) is 11.6 Å². The molecule has 0 bridgehead atoms. The lowest BCUT2D eigenvalue weighted by atomic mass is 10.1. The number of nitrogens with zero attached hydrogens (tertiary/aromatic N) is 2. The second kappa shape index (κ2) is 11.6. The Bertz CT molecular complexity index is 1460. The summed E-state index contributed by atoms with van der Waals surface area (Å²) < 4.78 is 11.3. The quantitative estimate of drug-likeness (QED) is 0.157. The molecule has 0 aliphatic carbocycles. The van der Waals surface area contributed by atoms with Crippen LogP contribution < -0.4 is 10.9 Å². The summed E-state index contributed by atoms with van der Waals surface area (Å²) in [6, 6.07) is 20.6. The minimum atomic E-state index is -1.04. The van der Waals surface area contributed by atoms with Crippen molar-refractivity contribution in [2.75, 3.05) is 0 Å². The smallest absolute Gasteiger partial charge is 0.331 e. The van der Waals surface area contributed by atoms with Gasteiger partial charge in [-0.3, -0.25) is 19.2 Å². The summed E-state index contributed by atoms with van der Waals surface area (Å²) in [5.74, 6) is -0.516. The first kappa shape index (κ1) is 25.7. The Labute approximate surface area is 217 Å². The number of rotatable bonds is 8. The molecule has 0 unspecified atom stereocenters. The van der Waals surface area contributed by atoms with E-state index in [0.29, 0.717) is 45.3 Å². The van der Waals surface area contributed by atoms with Crippen LogP contribution >= 0.6 is 0 Å². The van der Waals surface area contributed by atoms with Crippen molar-refractivity contribution < 1.29 is 28.0 Å². The van der Waals surface area contributed by atoms with Gasteiger partial charge in [-0.05, 0) is 50.2 Å². The Kier molecular flexibility index (Phi) is 7.83. The van der Waals surface area contributed by atoms with Crippen molar-refractivity contribution in [2.24, 2.45) is 10.2 Å². The molecule has 2 heterocycles. The van der Waals surface area contributed by atoms with Crippen LogP contribution in [-0.2, 0) is 9.59 Å². The number of hydrogen-bond acceptors (Lipinski definition) is 8. The van der Waals surface area contributed by atoms with Crippen molar-refractivity contribution in [1.82, 2.24) is 10.9 Å². The molecule has 0 aliphatic rings. The van der Waals surface area contributed by atoms with Gasteiger partial charge in [0.25, 0.3) is 0 Å². The third kappa shape index (κ3) is 6.43. The number of ketones is 2. The molecule has 4 rings (SSSR count). The number of benzene rings is 2. The van der Waals surface area contributed by atoms with Gasteiger partial charge in [-0.1, -0.05) is 36.4 Å². The summed E-state index contributed by atoms with van der Waals surface area (Å²) >= 11 is 0. The minimum Gasteiger partial charge on any atom is -0.455 e. The molecule has 2 N–H and O–H groups in total. The Morgan fingerprint density at radius 2 is 1.05 bits per heavy atom. The van der Waals surface area contributed by atoms with E-state index in [1.54, 1.807) is 72.8 Å². The fraction of sp³-hybridized carbons (Fsp3) is 0.0714. The molecule has 0 saturated heterocycles. The summed E-state index contributed by atoms with van der Waals surface area (Å²) in [7, 11) is 0. The maximum absolute atomic E-state index is 12.0. The highest BCUT2D eigenvalue weighted by Crippen LogP contribution is 2.24. The summed E-state index contributed by atoms with van der Waals surface area (Å²) in [4.78, 5) is 47.0. The molecule has 2 amide bonds. The number of carbonyl (C=O) groups is 4. The molecule has 0 radical (unpaired) electrons. The van der Waals surface area contributed by atoms with Gasteiger partial charge in [0.15, 0.2) is 11.6 Å². The standard InChI is InChI=1S/C28H22N4O6/c1-17(33)19-5-3-7-21(13-19)25-11-9-23(37-25)15-29-31-27(35)28(36)32-30-16-24-10-12-26(38-24)22-8-4-6-20(14-22)18(2)34/h3-16H,1-2H3,(H,31,35)(H,32,36)/b29-15-,30-16-. The monoisotopic (exact) mass is 510 g/mol. The van der Waals surface area contributed by atoms with Gasteiger partial charge in [-0.15, -0.1) is 0 Å². The molecular formula is C28H22N4O6. The van der Waals surface area contributed by atoms with Gasteiger partial charge in [0.05, 0.1) is 12.4 Å². The largest absolute Gasteiger partial charge is 0.455 e. The average molecular weight is 511 g/mol. The van der Waals surface area contributed by atoms with E-state index in [4.69, 9.17) is 8.83 Å². The van der Waals surface area contributed by atoms with Crippen molar-refractivity contribution in [3.8, 4) is 22.6 Å². The first-order valence-electron chi connectivity index (χ1n) is 11.4. The number of nitrogens with one attached hydrogen (secondary N) is 2. The van der Waals surface area contributed by atoms with Gasteiger partial charge in [0.2, 0.25) is 0 Å². The van der Waals surface area contributed by atoms with E-state index in [1.165, 1.54) is 26.3 Å². The maximum atomic E-state index is 12.0. The molecule has 10 nitrogen and oxygen atoms in total. The SMILES string of the molecule is CC(=O)c1cccc(-c2ccc(/C=N\NC(=O)C(=O)N/N=C\c3ccc(-c4cccc(C(C)=O)c4)o3)o2)c1. The predicted molar refractivity (Wildman–Crippen MR) is 140 cm³/mol. The maximum Gasteiger partial charge on any atom is 0.331 e. The normalized spacial score (nSPS) is 11.1. The third-order valence-electron chi connectivity index (χ3n) is 5.28. The Morgan fingerprint density at radius 3 is 1.45 bits per heavy atom. The van der Waals surface area contributed by atoms with Crippen molar-refractivity contribution in [1.29, 1.82) is 0 Å². The number of Topliss-reactive ketones (excluding diaryl/α,β-unsaturated/α-hetero) is 2. The Hall–Kier alpha value is -5.38. The second-order valence-corrected chi connectivity index (χ2v) is 8.08. The highest BCUT2D eigenvalue weighted by Gasteiger charge is 2.12. The average Bonchev–Trinajstić information content (AvgIpc) is 3.59. The lowest BCUT2D eigenvalue weighted by Crippen LogP contribution is -2.35. The van der Waals surface area contributed by atoms with E-state index in [1.807, 2.05) is 0 Å². The molecule has 2 aromatic carbocycles. The van der Waals surface area contributed by atoms with Crippen molar-refractivity contribution in [2.45, 2.75) is 13.8 Å². The van der Waals surface area contributed by atoms with Crippen LogP contribution in [0.5, 0.6) is 0 Å². The molecule has 0 saturated carbocycles.